The van der Waals surface area contributed by atoms with Crippen molar-refractivity contribution in [3.05, 3.63) is 51.6 Å². The lowest BCUT2D eigenvalue weighted by Crippen LogP contribution is -2.09. The third-order valence-corrected chi connectivity index (χ3v) is 4.66. The van der Waals surface area contributed by atoms with Gasteiger partial charge in [0.2, 0.25) is 5.95 Å². The molecule has 0 unspecified atom stereocenters. The van der Waals surface area contributed by atoms with E-state index in [2.05, 4.69) is 31.2 Å². The predicted molar refractivity (Wildman–Crippen MR) is 88.6 cm³/mol. The second-order valence-electron chi connectivity index (χ2n) is 5.70. The van der Waals surface area contributed by atoms with Gasteiger partial charge in [-0.05, 0) is 28.1 Å². The fraction of sp³-hybridized carbons (Fsp3) is 0.250. The van der Waals surface area contributed by atoms with Gasteiger partial charge in [0.05, 0.1) is 11.1 Å². The fourth-order valence-electron chi connectivity index (χ4n) is 2.89. The molecule has 4 rings (SSSR count). The fourth-order valence-corrected chi connectivity index (χ4v) is 3.27. The molecule has 1 aliphatic rings. The van der Waals surface area contributed by atoms with Crippen molar-refractivity contribution in [2.24, 2.45) is 0 Å². The molecule has 3 heterocycles. The normalized spacial score (nSPS) is 13.7. The van der Waals surface area contributed by atoms with Crippen molar-refractivity contribution in [1.29, 1.82) is 0 Å². The van der Waals surface area contributed by atoms with E-state index in [1.54, 1.807) is 6.07 Å². The molecular weight excluding hydrogens is 420 g/mol. The number of aromatic nitrogens is 3. The van der Waals surface area contributed by atoms with Gasteiger partial charge in [0.1, 0.15) is 11.6 Å². The molecule has 0 saturated heterocycles. The number of nitrogens with one attached hydrogen (secondary N) is 1. The second-order valence-corrected chi connectivity index (χ2v) is 6.56. The van der Waals surface area contributed by atoms with Crippen LogP contribution in [0.5, 0.6) is 5.75 Å². The Bertz CT molecular complexity index is 1000. The van der Waals surface area contributed by atoms with Gasteiger partial charge in [0, 0.05) is 36.5 Å². The molecule has 136 valence electrons. The topological polar surface area (TPSA) is 51.5 Å². The summed E-state index contributed by atoms with van der Waals surface area (Å²) < 4.78 is 60.0. The van der Waals surface area contributed by atoms with Crippen molar-refractivity contribution in [2.75, 3.05) is 11.9 Å². The van der Waals surface area contributed by atoms with Crippen molar-refractivity contribution < 1.29 is 22.3 Å². The number of benzene rings is 1. The first-order chi connectivity index (χ1) is 12.3. The van der Waals surface area contributed by atoms with Crippen LogP contribution in [0.2, 0.25) is 0 Å². The molecule has 0 atom stereocenters. The maximum atomic E-state index is 14.2. The molecule has 1 aliphatic heterocycles. The molecule has 0 saturated carbocycles. The average molecular weight is 431 g/mol. The van der Waals surface area contributed by atoms with E-state index in [0.29, 0.717) is 28.8 Å². The number of hydrogen-bond donors (Lipinski definition) is 1. The Balaban J connectivity index is 1.70. The van der Waals surface area contributed by atoms with Crippen molar-refractivity contribution >= 4 is 27.5 Å². The van der Waals surface area contributed by atoms with Crippen LogP contribution in [0.3, 0.4) is 0 Å². The number of alkyl halides is 3. The van der Waals surface area contributed by atoms with E-state index >= 15 is 0 Å². The van der Waals surface area contributed by atoms with Gasteiger partial charge in [-0.2, -0.15) is 13.2 Å². The van der Waals surface area contributed by atoms with Gasteiger partial charge in [-0.3, -0.25) is 4.40 Å². The smallest absolute Gasteiger partial charge is 0.434 e. The van der Waals surface area contributed by atoms with Crippen LogP contribution >= 0.6 is 15.9 Å². The molecule has 3 aromatic rings. The van der Waals surface area contributed by atoms with Crippen molar-refractivity contribution in [2.45, 2.75) is 19.1 Å². The third-order valence-electron chi connectivity index (χ3n) is 4.10. The molecule has 2 aromatic heterocycles. The summed E-state index contributed by atoms with van der Waals surface area (Å²) in [6, 6.07) is 2.88. The third kappa shape index (κ3) is 2.87. The average Bonchev–Trinajstić information content (AvgIpc) is 3.22. The Kier molecular flexibility index (Phi) is 4.02. The van der Waals surface area contributed by atoms with Crippen LogP contribution in [0.25, 0.3) is 5.65 Å². The Labute approximate surface area is 153 Å². The van der Waals surface area contributed by atoms with Crippen LogP contribution in [0.4, 0.5) is 23.5 Å². The summed E-state index contributed by atoms with van der Waals surface area (Å²) in [5, 5.41) is 2.89. The number of nitrogens with zero attached hydrogens (tertiary/aromatic N) is 3. The Morgan fingerprint density at radius 1 is 1.31 bits per heavy atom. The quantitative estimate of drug-likeness (QED) is 0.632. The summed E-state index contributed by atoms with van der Waals surface area (Å²) >= 11 is 3.14. The Hall–Kier alpha value is -2.36. The van der Waals surface area contributed by atoms with E-state index in [0.717, 1.165) is 11.8 Å². The van der Waals surface area contributed by atoms with E-state index < -0.39 is 17.7 Å². The summed E-state index contributed by atoms with van der Waals surface area (Å²) in [6.45, 7) is 0.532. The molecule has 0 aliphatic carbocycles. The van der Waals surface area contributed by atoms with Gasteiger partial charge >= 0.3 is 6.18 Å². The van der Waals surface area contributed by atoms with Crippen LogP contribution < -0.4 is 10.1 Å². The number of halogens is 5. The Morgan fingerprint density at radius 3 is 2.88 bits per heavy atom. The van der Waals surface area contributed by atoms with Crippen LogP contribution in [0, 0.1) is 5.82 Å². The molecule has 1 N–H and O–H groups in total. The van der Waals surface area contributed by atoms with Crippen molar-refractivity contribution in [1.82, 2.24) is 14.4 Å². The highest BCUT2D eigenvalue weighted by Crippen LogP contribution is 2.32. The zero-order valence-electron chi connectivity index (χ0n) is 13.1. The zero-order chi connectivity index (χ0) is 18.5. The number of imidazole rings is 1. The molecule has 0 bridgehead atoms. The van der Waals surface area contributed by atoms with Crippen LogP contribution in [-0.4, -0.2) is 21.0 Å². The van der Waals surface area contributed by atoms with Crippen molar-refractivity contribution in [3.63, 3.8) is 0 Å². The number of hydrogen-bond acceptors (Lipinski definition) is 4. The van der Waals surface area contributed by atoms with Gasteiger partial charge in [-0.1, -0.05) is 0 Å². The molecule has 0 radical (unpaired) electrons. The summed E-state index contributed by atoms with van der Waals surface area (Å²) in [5.74, 6) is 0.345. The highest BCUT2D eigenvalue weighted by Gasteiger charge is 2.34. The van der Waals surface area contributed by atoms with E-state index in [-0.39, 0.29) is 18.1 Å². The first-order valence-corrected chi connectivity index (χ1v) is 8.41. The molecule has 0 amide bonds. The molecule has 26 heavy (non-hydrogen) atoms. The minimum absolute atomic E-state index is 0.0572. The standard InChI is InChI=1S/C16H11BrF4N4O/c17-10-6-23-15(25-7-13(16(19,20)21)24-14(10)25)22-5-9-8-3-4-26-12(8)2-1-11(9)18/h1-2,6-7H,3-5H2,(H,22,23). The van der Waals surface area contributed by atoms with Gasteiger partial charge in [0.15, 0.2) is 11.3 Å². The lowest BCUT2D eigenvalue weighted by molar-refractivity contribution is -0.140. The molecule has 10 heteroatoms. The predicted octanol–water partition coefficient (Wildman–Crippen LogP) is 4.20. The molecule has 5 nitrogen and oxygen atoms in total. The van der Waals surface area contributed by atoms with E-state index in [4.69, 9.17) is 4.74 Å². The monoisotopic (exact) mass is 430 g/mol. The van der Waals surface area contributed by atoms with Crippen LogP contribution in [0.1, 0.15) is 16.8 Å². The maximum absolute atomic E-state index is 14.2. The largest absolute Gasteiger partial charge is 0.493 e. The van der Waals surface area contributed by atoms with Gasteiger partial charge < -0.3 is 10.1 Å². The summed E-state index contributed by atoms with van der Waals surface area (Å²) in [5.41, 5.74) is 0.202. The van der Waals surface area contributed by atoms with Gasteiger partial charge in [0.25, 0.3) is 0 Å². The lowest BCUT2D eigenvalue weighted by atomic mass is 10.0. The number of anilines is 1. The highest BCUT2D eigenvalue weighted by molar-refractivity contribution is 9.10. The van der Waals surface area contributed by atoms with Gasteiger partial charge in [-0.25, -0.2) is 14.4 Å². The minimum Gasteiger partial charge on any atom is -0.493 e. The zero-order valence-corrected chi connectivity index (χ0v) is 14.7. The highest BCUT2D eigenvalue weighted by atomic mass is 79.9. The number of ether oxygens (including phenoxy) is 1. The lowest BCUT2D eigenvalue weighted by Gasteiger charge is -2.12. The summed E-state index contributed by atoms with van der Waals surface area (Å²) in [7, 11) is 0. The first-order valence-electron chi connectivity index (χ1n) is 7.62. The SMILES string of the molecule is Fc1ccc2c(c1CNc1ncc(Br)c3nc(C(F)(F)F)cn13)CCO2. The number of fused-ring (bicyclic) bond motifs is 2. The second kappa shape index (κ2) is 6.11. The maximum Gasteiger partial charge on any atom is 0.434 e. The van der Waals surface area contributed by atoms with E-state index in [1.165, 1.54) is 16.7 Å². The molecular formula is C16H11BrF4N4O. The van der Waals surface area contributed by atoms with Crippen LogP contribution in [-0.2, 0) is 19.1 Å². The first kappa shape index (κ1) is 17.1. The van der Waals surface area contributed by atoms with Crippen molar-refractivity contribution in [3.8, 4) is 5.75 Å². The van der Waals surface area contributed by atoms with E-state index in [9.17, 15) is 17.6 Å². The molecule has 0 spiro atoms. The molecule has 1 aromatic carbocycles. The van der Waals surface area contributed by atoms with Crippen LogP contribution in [0.15, 0.2) is 29.0 Å². The van der Waals surface area contributed by atoms with Gasteiger partial charge in [-0.15, -0.1) is 0 Å². The Morgan fingerprint density at radius 2 is 2.12 bits per heavy atom. The minimum atomic E-state index is -4.58. The molecule has 0 fully saturated rings. The van der Waals surface area contributed by atoms with E-state index in [1.807, 2.05) is 0 Å². The summed E-state index contributed by atoms with van der Waals surface area (Å²) in [4.78, 5) is 7.68. The summed E-state index contributed by atoms with van der Waals surface area (Å²) in [6.07, 6.45) is -1.80. The number of rotatable bonds is 3.